The molecule has 0 saturated heterocycles. The van der Waals surface area contributed by atoms with Gasteiger partial charge in [-0.05, 0) is 56.9 Å². The molecule has 1 aromatic heterocycles. The Bertz CT molecular complexity index is 1020. The summed E-state index contributed by atoms with van der Waals surface area (Å²) < 4.78 is 17.2. The minimum Gasteiger partial charge on any atom is -0.491 e. The molecule has 2 heterocycles. The molecule has 0 aliphatic carbocycles. The van der Waals surface area contributed by atoms with Crippen molar-refractivity contribution < 1.29 is 28.9 Å². The molecule has 9 heteroatoms. The number of pyridine rings is 1. The molecule has 0 radical (unpaired) electrons. The third-order valence-electron chi connectivity index (χ3n) is 4.78. The van der Waals surface area contributed by atoms with E-state index in [1.165, 1.54) is 0 Å². The van der Waals surface area contributed by atoms with Gasteiger partial charge in [-0.15, -0.1) is 0 Å². The number of aromatic nitrogens is 1. The van der Waals surface area contributed by atoms with Crippen LogP contribution < -0.4 is 20.1 Å². The SMILES string of the molecule is CC(C)CC(COc1ccc2c(c1)OCc1cnc(NC(=O)O)cc1-2)NC(=O)OC(C)(C)C. The molecule has 0 spiro atoms. The van der Waals surface area contributed by atoms with Gasteiger partial charge in [0.2, 0.25) is 0 Å². The van der Waals surface area contributed by atoms with Crippen molar-refractivity contribution in [3.05, 3.63) is 36.0 Å². The van der Waals surface area contributed by atoms with Crippen molar-refractivity contribution in [1.29, 1.82) is 0 Å². The lowest BCUT2D eigenvalue weighted by Crippen LogP contribution is -2.42. The highest BCUT2D eigenvalue weighted by molar-refractivity contribution is 5.84. The van der Waals surface area contributed by atoms with Gasteiger partial charge < -0.3 is 24.6 Å². The molecule has 178 valence electrons. The molecule has 1 aliphatic heterocycles. The number of carbonyl (C=O) groups is 2. The van der Waals surface area contributed by atoms with Gasteiger partial charge in [-0.1, -0.05) is 13.8 Å². The summed E-state index contributed by atoms with van der Waals surface area (Å²) in [6.45, 7) is 10.2. The number of carbonyl (C=O) groups excluding carboxylic acids is 1. The van der Waals surface area contributed by atoms with Crippen molar-refractivity contribution in [2.75, 3.05) is 11.9 Å². The Morgan fingerprint density at radius 1 is 1.21 bits per heavy atom. The standard InChI is InChI=1S/C24H31N3O6/c1-14(2)8-16(26-23(30)33-24(3,4)5)13-31-17-6-7-18-19-10-21(27-22(28)29)25-11-15(19)12-32-20(18)9-17/h6-7,9-11,14,16H,8,12-13H2,1-5H3,(H,25,27)(H,26,30)(H,28,29). The van der Waals surface area contributed by atoms with Gasteiger partial charge in [0.1, 0.15) is 36.1 Å². The molecular weight excluding hydrogens is 426 g/mol. The number of nitrogens with one attached hydrogen (secondary N) is 2. The number of carboxylic acid groups (broad SMARTS) is 1. The Hall–Kier alpha value is -3.49. The fourth-order valence-corrected chi connectivity index (χ4v) is 3.53. The van der Waals surface area contributed by atoms with E-state index < -0.39 is 17.8 Å². The average Bonchev–Trinajstić information content (AvgIpc) is 2.69. The highest BCUT2D eigenvalue weighted by atomic mass is 16.6. The molecule has 0 saturated carbocycles. The van der Waals surface area contributed by atoms with Gasteiger partial charge in [-0.25, -0.2) is 14.6 Å². The number of ether oxygens (including phenoxy) is 3. The smallest absolute Gasteiger partial charge is 0.410 e. The molecule has 33 heavy (non-hydrogen) atoms. The summed E-state index contributed by atoms with van der Waals surface area (Å²) in [5.74, 6) is 1.85. The normalized spacial score (nSPS) is 13.3. The van der Waals surface area contributed by atoms with Crippen LogP contribution in [-0.2, 0) is 11.3 Å². The number of rotatable bonds is 7. The third kappa shape index (κ3) is 7.00. The summed E-state index contributed by atoms with van der Waals surface area (Å²) in [6, 6.07) is 6.96. The van der Waals surface area contributed by atoms with Crippen LogP contribution in [0.1, 0.15) is 46.6 Å². The number of benzene rings is 1. The highest BCUT2D eigenvalue weighted by Crippen LogP contribution is 2.40. The Balaban J connectivity index is 1.71. The maximum atomic E-state index is 12.2. The number of alkyl carbamates (subject to hydrolysis) is 1. The second-order valence-corrected chi connectivity index (χ2v) is 9.39. The molecule has 3 rings (SSSR count). The van der Waals surface area contributed by atoms with Crippen LogP contribution in [-0.4, -0.2) is 40.5 Å². The average molecular weight is 458 g/mol. The Kier molecular flexibility index (Phi) is 7.30. The van der Waals surface area contributed by atoms with Crippen LogP contribution in [0.3, 0.4) is 0 Å². The van der Waals surface area contributed by atoms with Crippen LogP contribution in [0.4, 0.5) is 15.4 Å². The number of anilines is 1. The van der Waals surface area contributed by atoms with E-state index in [2.05, 4.69) is 29.5 Å². The van der Waals surface area contributed by atoms with Crippen LogP contribution in [0.15, 0.2) is 30.5 Å². The van der Waals surface area contributed by atoms with Crippen molar-refractivity contribution >= 4 is 18.0 Å². The molecule has 1 aliphatic rings. The van der Waals surface area contributed by atoms with Crippen LogP contribution in [0, 0.1) is 5.92 Å². The largest absolute Gasteiger partial charge is 0.491 e. The fourth-order valence-electron chi connectivity index (χ4n) is 3.53. The second-order valence-electron chi connectivity index (χ2n) is 9.39. The van der Waals surface area contributed by atoms with Gasteiger partial charge in [0.05, 0.1) is 6.04 Å². The lowest BCUT2D eigenvalue weighted by Gasteiger charge is -2.25. The lowest BCUT2D eigenvalue weighted by molar-refractivity contribution is 0.0480. The van der Waals surface area contributed by atoms with Gasteiger partial charge in [0, 0.05) is 23.4 Å². The molecule has 9 nitrogen and oxygen atoms in total. The third-order valence-corrected chi connectivity index (χ3v) is 4.78. The first-order valence-corrected chi connectivity index (χ1v) is 10.9. The van der Waals surface area contributed by atoms with Gasteiger partial charge in [-0.3, -0.25) is 5.32 Å². The Morgan fingerprint density at radius 2 is 1.97 bits per heavy atom. The van der Waals surface area contributed by atoms with Crippen molar-refractivity contribution in [2.45, 2.75) is 59.3 Å². The van der Waals surface area contributed by atoms with E-state index in [0.717, 1.165) is 23.1 Å². The molecule has 1 unspecified atom stereocenters. The van der Waals surface area contributed by atoms with Crippen LogP contribution in [0.25, 0.3) is 11.1 Å². The number of fused-ring (bicyclic) bond motifs is 3. The van der Waals surface area contributed by atoms with Crippen LogP contribution in [0.2, 0.25) is 0 Å². The summed E-state index contributed by atoms with van der Waals surface area (Å²) in [5, 5.41) is 14.1. The molecule has 1 aromatic carbocycles. The number of hydrogen-bond acceptors (Lipinski definition) is 6. The summed E-state index contributed by atoms with van der Waals surface area (Å²) >= 11 is 0. The molecule has 0 fully saturated rings. The quantitative estimate of drug-likeness (QED) is 0.532. The van der Waals surface area contributed by atoms with Crippen LogP contribution in [0.5, 0.6) is 11.5 Å². The van der Waals surface area contributed by atoms with E-state index >= 15 is 0 Å². The zero-order chi connectivity index (χ0) is 24.2. The van der Waals surface area contributed by atoms with Crippen molar-refractivity contribution in [3.63, 3.8) is 0 Å². The molecule has 3 N–H and O–H groups in total. The maximum absolute atomic E-state index is 12.2. The first kappa shape index (κ1) is 24.2. The van der Waals surface area contributed by atoms with Crippen molar-refractivity contribution in [3.8, 4) is 22.6 Å². The zero-order valence-electron chi connectivity index (χ0n) is 19.6. The summed E-state index contributed by atoms with van der Waals surface area (Å²) in [4.78, 5) is 27.2. The minimum atomic E-state index is -1.17. The van der Waals surface area contributed by atoms with E-state index in [-0.39, 0.29) is 18.5 Å². The van der Waals surface area contributed by atoms with Crippen LogP contribution >= 0.6 is 0 Å². The summed E-state index contributed by atoms with van der Waals surface area (Å²) in [5.41, 5.74) is 1.97. The number of amides is 2. The first-order valence-electron chi connectivity index (χ1n) is 10.9. The maximum Gasteiger partial charge on any atom is 0.410 e. The van der Waals surface area contributed by atoms with E-state index in [1.807, 2.05) is 32.9 Å². The van der Waals surface area contributed by atoms with Gasteiger partial charge in [0.25, 0.3) is 0 Å². The molecule has 2 amide bonds. The van der Waals surface area contributed by atoms with E-state index in [9.17, 15) is 9.59 Å². The predicted molar refractivity (Wildman–Crippen MR) is 124 cm³/mol. The molecule has 1 atom stereocenters. The predicted octanol–water partition coefficient (Wildman–Crippen LogP) is 5.05. The van der Waals surface area contributed by atoms with Gasteiger partial charge >= 0.3 is 12.2 Å². The number of hydrogen-bond donors (Lipinski definition) is 3. The van der Waals surface area contributed by atoms with Crippen molar-refractivity contribution in [2.24, 2.45) is 5.92 Å². The Morgan fingerprint density at radius 3 is 2.64 bits per heavy atom. The highest BCUT2D eigenvalue weighted by Gasteiger charge is 2.22. The van der Waals surface area contributed by atoms with E-state index in [1.54, 1.807) is 18.3 Å². The zero-order valence-corrected chi connectivity index (χ0v) is 19.6. The van der Waals surface area contributed by atoms with Gasteiger partial charge in [0.15, 0.2) is 0 Å². The minimum absolute atomic E-state index is 0.215. The fraction of sp³-hybridized carbons (Fsp3) is 0.458. The first-order chi connectivity index (χ1) is 15.5. The summed E-state index contributed by atoms with van der Waals surface area (Å²) in [7, 11) is 0. The van der Waals surface area contributed by atoms with E-state index in [0.29, 0.717) is 24.0 Å². The van der Waals surface area contributed by atoms with Crippen molar-refractivity contribution in [1.82, 2.24) is 10.3 Å². The monoisotopic (exact) mass is 457 g/mol. The lowest BCUT2D eigenvalue weighted by atomic mass is 9.98. The molecule has 2 aromatic rings. The molecular formula is C24H31N3O6. The molecule has 0 bridgehead atoms. The topological polar surface area (TPSA) is 119 Å². The second kappa shape index (κ2) is 9.97. The number of nitrogens with zero attached hydrogens (tertiary/aromatic N) is 1. The van der Waals surface area contributed by atoms with Gasteiger partial charge in [-0.2, -0.15) is 0 Å². The Labute approximate surface area is 193 Å². The summed E-state index contributed by atoms with van der Waals surface area (Å²) in [6.07, 6.45) is 0.698. The van der Waals surface area contributed by atoms with E-state index in [4.69, 9.17) is 19.3 Å².